The fraction of sp³-hybridized carbons (Fsp3) is 0.160. The number of ether oxygens (including phenoxy) is 1. The lowest BCUT2D eigenvalue weighted by Crippen LogP contribution is -2.50. The second kappa shape index (κ2) is 12.1. The number of carbonyl (C=O) groups excluding carboxylic acids is 2. The zero-order valence-electron chi connectivity index (χ0n) is 18.2. The van der Waals surface area contributed by atoms with Gasteiger partial charge < -0.3 is 15.2 Å². The SMILES string of the molecule is C[C@H](Oc1ccc(Cl)cc1Cl)C(=O)N[C@H](Cc1ccccc1)C(=O)N/N=C\c1ccc(O)cc1. The number of carbonyl (C=O) groups is 2. The Morgan fingerprint density at radius 1 is 1.03 bits per heavy atom. The molecule has 0 heterocycles. The number of benzene rings is 3. The van der Waals surface area contributed by atoms with Crippen LogP contribution in [0.1, 0.15) is 18.1 Å². The minimum absolute atomic E-state index is 0.128. The highest BCUT2D eigenvalue weighted by Crippen LogP contribution is 2.28. The summed E-state index contributed by atoms with van der Waals surface area (Å²) in [7, 11) is 0. The first-order chi connectivity index (χ1) is 16.3. The van der Waals surface area contributed by atoms with Gasteiger partial charge in [0.25, 0.3) is 11.8 Å². The zero-order valence-corrected chi connectivity index (χ0v) is 19.8. The van der Waals surface area contributed by atoms with E-state index in [1.807, 2.05) is 30.3 Å². The average molecular weight is 500 g/mol. The molecule has 0 aliphatic rings. The van der Waals surface area contributed by atoms with Crippen molar-refractivity contribution in [2.45, 2.75) is 25.5 Å². The molecule has 0 aliphatic heterocycles. The van der Waals surface area contributed by atoms with E-state index >= 15 is 0 Å². The number of aromatic hydroxyl groups is 1. The molecule has 0 aliphatic carbocycles. The predicted octanol–water partition coefficient (Wildman–Crippen LogP) is 4.34. The van der Waals surface area contributed by atoms with Gasteiger partial charge >= 0.3 is 0 Å². The molecule has 34 heavy (non-hydrogen) atoms. The van der Waals surface area contributed by atoms with Crippen LogP contribution in [0.25, 0.3) is 0 Å². The number of phenols is 1. The molecule has 0 unspecified atom stereocenters. The molecule has 9 heteroatoms. The third-order valence-electron chi connectivity index (χ3n) is 4.76. The summed E-state index contributed by atoms with van der Waals surface area (Å²) in [5, 5.41) is 16.7. The van der Waals surface area contributed by atoms with Crippen molar-refractivity contribution < 1.29 is 19.4 Å². The minimum Gasteiger partial charge on any atom is -0.508 e. The highest BCUT2D eigenvalue weighted by atomic mass is 35.5. The number of rotatable bonds is 9. The minimum atomic E-state index is -0.926. The topological polar surface area (TPSA) is 100 Å². The number of phenolic OH excluding ortho intramolecular Hbond substituents is 1. The monoisotopic (exact) mass is 499 g/mol. The lowest BCUT2D eigenvalue weighted by Gasteiger charge is -2.21. The summed E-state index contributed by atoms with van der Waals surface area (Å²) in [5.41, 5.74) is 4.00. The molecule has 0 aromatic heterocycles. The molecule has 0 bridgehead atoms. The van der Waals surface area contributed by atoms with E-state index < -0.39 is 24.0 Å². The molecule has 0 fully saturated rings. The molecule has 176 valence electrons. The lowest BCUT2D eigenvalue weighted by atomic mass is 10.1. The van der Waals surface area contributed by atoms with Crippen molar-refractivity contribution in [3.8, 4) is 11.5 Å². The van der Waals surface area contributed by atoms with Crippen LogP contribution in [0, 0.1) is 0 Å². The summed E-state index contributed by atoms with van der Waals surface area (Å²) in [5.74, 6) is -0.562. The summed E-state index contributed by atoms with van der Waals surface area (Å²) >= 11 is 12.0. The van der Waals surface area contributed by atoms with Gasteiger partial charge in [0.1, 0.15) is 17.5 Å². The van der Waals surface area contributed by atoms with Crippen molar-refractivity contribution in [3.63, 3.8) is 0 Å². The van der Waals surface area contributed by atoms with Crippen molar-refractivity contribution in [1.82, 2.24) is 10.7 Å². The van der Waals surface area contributed by atoms with Crippen LogP contribution in [-0.2, 0) is 16.0 Å². The molecule has 3 rings (SSSR count). The highest BCUT2D eigenvalue weighted by molar-refractivity contribution is 6.35. The third-order valence-corrected chi connectivity index (χ3v) is 5.29. The summed E-state index contributed by atoms with van der Waals surface area (Å²) < 4.78 is 5.66. The standard InChI is InChI=1S/C25H23Cl2N3O4/c1-16(34-23-12-9-19(26)14-21(23)27)24(32)29-22(13-17-5-3-2-4-6-17)25(33)30-28-15-18-7-10-20(31)11-8-18/h2-12,14-16,22,31H,13H2,1H3,(H,29,32)(H,30,33)/b28-15-/t16-,22+/m0/s1. The maximum Gasteiger partial charge on any atom is 0.262 e. The van der Waals surface area contributed by atoms with Crippen molar-refractivity contribution in [2.75, 3.05) is 0 Å². The number of nitrogens with one attached hydrogen (secondary N) is 2. The van der Waals surface area contributed by atoms with E-state index in [1.54, 1.807) is 31.2 Å². The second-order valence-corrected chi connectivity index (χ2v) is 8.26. The normalized spacial score (nSPS) is 12.7. The van der Waals surface area contributed by atoms with E-state index in [0.717, 1.165) is 5.56 Å². The van der Waals surface area contributed by atoms with Gasteiger partial charge in [-0.2, -0.15) is 5.10 Å². The Kier molecular flexibility index (Phi) is 8.90. The van der Waals surface area contributed by atoms with Crippen LogP contribution in [0.5, 0.6) is 11.5 Å². The Bertz CT molecular complexity index is 1150. The van der Waals surface area contributed by atoms with Crippen LogP contribution >= 0.6 is 23.2 Å². The molecule has 7 nitrogen and oxygen atoms in total. The first-order valence-electron chi connectivity index (χ1n) is 10.4. The van der Waals surface area contributed by atoms with Gasteiger partial charge in [0.05, 0.1) is 11.2 Å². The van der Waals surface area contributed by atoms with Gasteiger partial charge in [0.2, 0.25) is 0 Å². The van der Waals surface area contributed by atoms with Gasteiger partial charge in [-0.25, -0.2) is 5.43 Å². The van der Waals surface area contributed by atoms with E-state index in [4.69, 9.17) is 27.9 Å². The van der Waals surface area contributed by atoms with E-state index in [1.165, 1.54) is 24.4 Å². The Hall–Kier alpha value is -3.55. The molecule has 2 atom stereocenters. The van der Waals surface area contributed by atoms with Gasteiger partial charge in [-0.3, -0.25) is 9.59 Å². The number of hydrazone groups is 1. The maximum atomic E-state index is 12.8. The summed E-state index contributed by atoms with van der Waals surface area (Å²) in [6.07, 6.45) is 0.763. The van der Waals surface area contributed by atoms with Crippen molar-refractivity contribution in [1.29, 1.82) is 0 Å². The van der Waals surface area contributed by atoms with Gasteiger partial charge in [0.15, 0.2) is 6.10 Å². The van der Waals surface area contributed by atoms with E-state index in [-0.39, 0.29) is 17.2 Å². The molecular formula is C25H23Cl2N3O4. The summed E-state index contributed by atoms with van der Waals surface area (Å²) in [4.78, 5) is 25.7. The second-order valence-electron chi connectivity index (χ2n) is 7.41. The van der Waals surface area contributed by atoms with E-state index in [2.05, 4.69) is 15.8 Å². The number of halogens is 2. The third kappa shape index (κ3) is 7.50. The Labute approximate surface area is 207 Å². The molecule has 3 aromatic carbocycles. The van der Waals surface area contributed by atoms with E-state index in [9.17, 15) is 14.7 Å². The highest BCUT2D eigenvalue weighted by Gasteiger charge is 2.25. The molecule has 3 aromatic rings. The summed E-state index contributed by atoms with van der Waals surface area (Å²) in [6, 6.07) is 19.4. The van der Waals surface area contributed by atoms with Gasteiger partial charge in [-0.15, -0.1) is 0 Å². The molecule has 0 saturated heterocycles. The van der Waals surface area contributed by atoms with Crippen LogP contribution in [0.15, 0.2) is 77.9 Å². The van der Waals surface area contributed by atoms with Crippen molar-refractivity contribution >= 4 is 41.2 Å². The average Bonchev–Trinajstić information content (AvgIpc) is 2.82. The van der Waals surface area contributed by atoms with Crippen LogP contribution in [-0.4, -0.2) is 35.3 Å². The maximum absolute atomic E-state index is 12.8. The number of hydrogen-bond acceptors (Lipinski definition) is 5. The number of nitrogens with zero attached hydrogens (tertiary/aromatic N) is 1. The molecule has 0 spiro atoms. The fourth-order valence-corrected chi connectivity index (χ4v) is 3.42. The molecule has 3 N–H and O–H groups in total. The van der Waals surface area contributed by atoms with Crippen LogP contribution in [0.4, 0.5) is 0 Å². The lowest BCUT2D eigenvalue weighted by molar-refractivity contribution is -0.132. The van der Waals surface area contributed by atoms with E-state index in [0.29, 0.717) is 16.3 Å². The van der Waals surface area contributed by atoms with Crippen LogP contribution in [0.2, 0.25) is 10.0 Å². The fourth-order valence-electron chi connectivity index (χ4n) is 2.97. The molecule has 0 saturated carbocycles. The Morgan fingerprint density at radius 3 is 2.41 bits per heavy atom. The summed E-state index contributed by atoms with van der Waals surface area (Å²) in [6.45, 7) is 1.56. The molecule has 2 amide bonds. The number of hydrogen-bond donors (Lipinski definition) is 3. The first-order valence-corrected chi connectivity index (χ1v) is 11.2. The first kappa shape index (κ1) is 25.1. The van der Waals surface area contributed by atoms with Crippen LogP contribution < -0.4 is 15.5 Å². The largest absolute Gasteiger partial charge is 0.508 e. The van der Waals surface area contributed by atoms with Gasteiger partial charge in [-0.1, -0.05) is 53.5 Å². The molecular weight excluding hydrogens is 477 g/mol. The van der Waals surface area contributed by atoms with Gasteiger partial charge in [0, 0.05) is 11.4 Å². The predicted molar refractivity (Wildman–Crippen MR) is 132 cm³/mol. The Morgan fingerprint density at radius 2 is 1.74 bits per heavy atom. The van der Waals surface area contributed by atoms with Crippen molar-refractivity contribution in [3.05, 3.63) is 94.0 Å². The number of amides is 2. The Balaban J connectivity index is 1.68. The van der Waals surface area contributed by atoms with Crippen molar-refractivity contribution in [2.24, 2.45) is 5.10 Å². The van der Waals surface area contributed by atoms with Crippen LogP contribution in [0.3, 0.4) is 0 Å². The zero-order chi connectivity index (χ0) is 24.5. The van der Waals surface area contributed by atoms with Gasteiger partial charge in [-0.05, 0) is 60.5 Å². The smallest absolute Gasteiger partial charge is 0.262 e. The quantitative estimate of drug-likeness (QED) is 0.301. The molecule has 0 radical (unpaired) electrons.